The number of likely N-dealkylation sites (tertiary alicyclic amines) is 1. The van der Waals surface area contributed by atoms with E-state index in [9.17, 15) is 19.1 Å². The van der Waals surface area contributed by atoms with Crippen LogP contribution in [0.3, 0.4) is 0 Å². The van der Waals surface area contributed by atoms with Gasteiger partial charge in [0.25, 0.3) is 11.7 Å². The van der Waals surface area contributed by atoms with Crippen LogP contribution < -0.4 is 9.47 Å². The lowest BCUT2D eigenvalue weighted by Gasteiger charge is -2.25. The zero-order chi connectivity index (χ0) is 21.8. The zero-order valence-electron chi connectivity index (χ0n) is 17.1. The standard InChI is InChI=1S/C23H24FNO5/c1-4-5-12-25-20(15-8-6-7-9-17(15)24)19(22(27)23(25)28)21(26)16-13-14(29-2)10-11-18(16)30-3/h6-11,13,20,26H,4-5,12H2,1-3H3/b21-19+. The summed E-state index contributed by atoms with van der Waals surface area (Å²) in [6.45, 7) is 2.22. The third kappa shape index (κ3) is 3.75. The molecule has 0 spiro atoms. The Hall–Kier alpha value is -3.35. The summed E-state index contributed by atoms with van der Waals surface area (Å²) in [5.74, 6) is -1.90. The highest BCUT2D eigenvalue weighted by atomic mass is 19.1. The number of methoxy groups -OCH3 is 2. The summed E-state index contributed by atoms with van der Waals surface area (Å²) in [6.07, 6.45) is 1.43. The molecule has 2 aromatic carbocycles. The van der Waals surface area contributed by atoms with E-state index in [1.807, 2.05) is 6.92 Å². The topological polar surface area (TPSA) is 76.1 Å². The summed E-state index contributed by atoms with van der Waals surface area (Å²) in [4.78, 5) is 27.0. The first-order valence-electron chi connectivity index (χ1n) is 9.69. The number of carbonyl (C=O) groups is 2. The van der Waals surface area contributed by atoms with Crippen molar-refractivity contribution in [3.63, 3.8) is 0 Å². The van der Waals surface area contributed by atoms with Crippen LogP contribution >= 0.6 is 0 Å². The molecule has 158 valence electrons. The Labute approximate surface area is 174 Å². The SMILES string of the molecule is CCCCN1C(=O)C(=O)/C(=C(/O)c2cc(OC)ccc2OC)C1c1ccccc1F. The maximum absolute atomic E-state index is 14.7. The molecule has 1 unspecified atom stereocenters. The van der Waals surface area contributed by atoms with Gasteiger partial charge in [-0.3, -0.25) is 9.59 Å². The van der Waals surface area contributed by atoms with Crippen molar-refractivity contribution in [2.75, 3.05) is 20.8 Å². The van der Waals surface area contributed by atoms with Gasteiger partial charge in [0, 0.05) is 12.1 Å². The van der Waals surface area contributed by atoms with Gasteiger partial charge in [-0.1, -0.05) is 31.5 Å². The number of benzene rings is 2. The van der Waals surface area contributed by atoms with Crippen LogP contribution in [0.5, 0.6) is 11.5 Å². The van der Waals surface area contributed by atoms with Crippen LogP contribution in [-0.2, 0) is 9.59 Å². The number of ether oxygens (including phenoxy) is 2. The second-order valence-corrected chi connectivity index (χ2v) is 6.93. The van der Waals surface area contributed by atoms with Gasteiger partial charge in [-0.05, 0) is 30.7 Å². The number of halogens is 1. The van der Waals surface area contributed by atoms with E-state index in [1.54, 1.807) is 18.2 Å². The Morgan fingerprint density at radius 3 is 2.50 bits per heavy atom. The van der Waals surface area contributed by atoms with Crippen molar-refractivity contribution in [1.82, 2.24) is 4.90 Å². The van der Waals surface area contributed by atoms with E-state index in [-0.39, 0.29) is 23.2 Å². The normalized spacial score (nSPS) is 18.0. The molecule has 7 heteroatoms. The number of hydrogen-bond acceptors (Lipinski definition) is 5. The fraction of sp³-hybridized carbons (Fsp3) is 0.304. The highest BCUT2D eigenvalue weighted by molar-refractivity contribution is 6.46. The zero-order valence-corrected chi connectivity index (χ0v) is 17.1. The van der Waals surface area contributed by atoms with Gasteiger partial charge in [0.1, 0.15) is 23.1 Å². The van der Waals surface area contributed by atoms with Gasteiger partial charge >= 0.3 is 0 Å². The van der Waals surface area contributed by atoms with E-state index in [4.69, 9.17) is 9.47 Å². The molecule has 1 heterocycles. The van der Waals surface area contributed by atoms with Crippen molar-refractivity contribution in [3.05, 3.63) is 65.0 Å². The van der Waals surface area contributed by atoms with Crippen LogP contribution in [-0.4, -0.2) is 42.5 Å². The van der Waals surface area contributed by atoms with Gasteiger partial charge in [0.05, 0.1) is 31.4 Å². The first-order valence-corrected chi connectivity index (χ1v) is 9.69. The molecule has 1 N–H and O–H groups in total. The Bertz CT molecular complexity index is 1000. The van der Waals surface area contributed by atoms with E-state index in [0.29, 0.717) is 17.9 Å². The molecule has 30 heavy (non-hydrogen) atoms. The summed E-state index contributed by atoms with van der Waals surface area (Å²) in [5, 5.41) is 11.1. The molecule has 3 rings (SSSR count). The Balaban J connectivity index is 2.25. The molecule has 1 fully saturated rings. The molecular weight excluding hydrogens is 389 g/mol. The molecule has 0 aliphatic carbocycles. The second-order valence-electron chi connectivity index (χ2n) is 6.93. The van der Waals surface area contributed by atoms with Crippen molar-refractivity contribution >= 4 is 17.4 Å². The summed E-state index contributed by atoms with van der Waals surface area (Å²) < 4.78 is 25.2. The van der Waals surface area contributed by atoms with Gasteiger partial charge in [-0.2, -0.15) is 0 Å². The summed E-state index contributed by atoms with van der Waals surface area (Å²) in [6, 6.07) is 9.64. The average molecular weight is 413 g/mol. The number of rotatable bonds is 7. The maximum atomic E-state index is 14.7. The third-order valence-corrected chi connectivity index (χ3v) is 5.15. The van der Waals surface area contributed by atoms with Gasteiger partial charge in [0.2, 0.25) is 0 Å². The molecule has 1 aliphatic rings. The number of carbonyl (C=O) groups excluding carboxylic acids is 2. The van der Waals surface area contributed by atoms with Crippen LogP contribution in [0.15, 0.2) is 48.0 Å². The highest BCUT2D eigenvalue weighted by Crippen LogP contribution is 2.42. The Morgan fingerprint density at radius 2 is 1.87 bits per heavy atom. The van der Waals surface area contributed by atoms with E-state index in [0.717, 1.165) is 6.42 Å². The van der Waals surface area contributed by atoms with E-state index < -0.39 is 29.3 Å². The predicted molar refractivity (Wildman–Crippen MR) is 110 cm³/mol. The molecule has 1 aliphatic heterocycles. The minimum atomic E-state index is -1.03. The number of nitrogens with zero attached hydrogens (tertiary/aromatic N) is 1. The van der Waals surface area contributed by atoms with Crippen LogP contribution in [0, 0.1) is 5.82 Å². The largest absolute Gasteiger partial charge is 0.507 e. The molecule has 0 radical (unpaired) electrons. The molecule has 1 amide bonds. The lowest BCUT2D eigenvalue weighted by molar-refractivity contribution is -0.139. The lowest BCUT2D eigenvalue weighted by atomic mass is 9.94. The quantitative estimate of drug-likeness (QED) is 0.421. The fourth-order valence-corrected chi connectivity index (χ4v) is 3.60. The summed E-state index contributed by atoms with van der Waals surface area (Å²) >= 11 is 0. The van der Waals surface area contributed by atoms with Crippen LogP contribution in [0.1, 0.15) is 36.9 Å². The van der Waals surface area contributed by atoms with E-state index in [1.165, 1.54) is 43.4 Å². The van der Waals surface area contributed by atoms with Crippen molar-refractivity contribution in [3.8, 4) is 11.5 Å². The predicted octanol–water partition coefficient (Wildman–Crippen LogP) is 4.06. The van der Waals surface area contributed by atoms with Crippen LogP contribution in [0.4, 0.5) is 4.39 Å². The number of ketones is 1. The maximum Gasteiger partial charge on any atom is 0.295 e. The van der Waals surface area contributed by atoms with Crippen molar-refractivity contribution in [1.29, 1.82) is 0 Å². The lowest BCUT2D eigenvalue weighted by Crippen LogP contribution is -2.31. The second kappa shape index (κ2) is 8.98. The first kappa shape index (κ1) is 21.4. The monoisotopic (exact) mass is 413 g/mol. The van der Waals surface area contributed by atoms with Crippen LogP contribution in [0.25, 0.3) is 5.76 Å². The molecule has 0 bridgehead atoms. The number of unbranched alkanes of at least 4 members (excludes halogenated alkanes) is 1. The van der Waals surface area contributed by atoms with Gasteiger partial charge in [-0.15, -0.1) is 0 Å². The summed E-state index contributed by atoms with van der Waals surface area (Å²) in [5.41, 5.74) is 0.163. The Morgan fingerprint density at radius 1 is 1.13 bits per heavy atom. The number of amides is 1. The molecule has 6 nitrogen and oxygen atoms in total. The summed E-state index contributed by atoms with van der Waals surface area (Å²) in [7, 11) is 2.89. The van der Waals surface area contributed by atoms with Gasteiger partial charge in [-0.25, -0.2) is 4.39 Å². The molecular formula is C23H24FNO5. The number of aliphatic hydroxyl groups is 1. The van der Waals surface area contributed by atoms with Gasteiger partial charge in [0.15, 0.2) is 0 Å². The number of aliphatic hydroxyl groups excluding tert-OH is 1. The third-order valence-electron chi connectivity index (χ3n) is 5.15. The molecule has 1 atom stereocenters. The van der Waals surface area contributed by atoms with Gasteiger partial charge < -0.3 is 19.5 Å². The van der Waals surface area contributed by atoms with Crippen LogP contribution in [0.2, 0.25) is 0 Å². The molecule has 0 aromatic heterocycles. The fourth-order valence-electron chi connectivity index (χ4n) is 3.60. The van der Waals surface area contributed by atoms with E-state index in [2.05, 4.69) is 0 Å². The smallest absolute Gasteiger partial charge is 0.295 e. The minimum absolute atomic E-state index is 0.149. The minimum Gasteiger partial charge on any atom is -0.507 e. The average Bonchev–Trinajstić information content (AvgIpc) is 3.01. The highest BCUT2D eigenvalue weighted by Gasteiger charge is 2.46. The van der Waals surface area contributed by atoms with Crippen molar-refractivity contribution in [2.24, 2.45) is 0 Å². The van der Waals surface area contributed by atoms with E-state index >= 15 is 0 Å². The Kier molecular flexibility index (Phi) is 6.40. The van der Waals surface area contributed by atoms with Crippen molar-refractivity contribution in [2.45, 2.75) is 25.8 Å². The number of Topliss-reactive ketones (excluding diaryl/α,β-unsaturated/α-hetero) is 1. The molecule has 2 aromatic rings. The number of hydrogen-bond donors (Lipinski definition) is 1. The molecule has 0 saturated carbocycles. The first-order chi connectivity index (χ1) is 14.4. The molecule has 1 saturated heterocycles. The van der Waals surface area contributed by atoms with Crippen molar-refractivity contribution < 1.29 is 28.6 Å².